The molecule has 0 unspecified atom stereocenters. The summed E-state index contributed by atoms with van der Waals surface area (Å²) in [5, 5.41) is 7.15. The molecule has 1 aromatic carbocycles. The number of anilines is 1. The lowest BCUT2D eigenvalue weighted by Crippen LogP contribution is -2.32. The van der Waals surface area contributed by atoms with Gasteiger partial charge in [-0.05, 0) is 12.1 Å². The van der Waals surface area contributed by atoms with Crippen LogP contribution in [0.3, 0.4) is 0 Å². The zero-order chi connectivity index (χ0) is 19.7. The molecule has 28 heavy (non-hydrogen) atoms. The van der Waals surface area contributed by atoms with E-state index in [2.05, 4.69) is 15.6 Å². The van der Waals surface area contributed by atoms with Crippen molar-refractivity contribution in [2.24, 2.45) is 7.05 Å². The molecular formula is C19H17FN4O3S. The van der Waals surface area contributed by atoms with Crippen LogP contribution in [0.25, 0.3) is 11.3 Å². The average Bonchev–Trinajstić information content (AvgIpc) is 3.41. The number of nitrogens with zero attached hydrogens (tertiary/aromatic N) is 2. The van der Waals surface area contributed by atoms with Crippen molar-refractivity contribution in [2.75, 3.05) is 18.5 Å². The summed E-state index contributed by atoms with van der Waals surface area (Å²) in [7, 11) is 1.81. The van der Waals surface area contributed by atoms with E-state index in [1.54, 1.807) is 41.5 Å². The van der Waals surface area contributed by atoms with Crippen molar-refractivity contribution in [3.63, 3.8) is 0 Å². The largest absolute Gasteiger partial charge is 0.490 e. The Bertz CT molecular complexity index is 1060. The van der Waals surface area contributed by atoms with E-state index in [1.165, 1.54) is 11.3 Å². The summed E-state index contributed by atoms with van der Waals surface area (Å²) in [5.41, 5.74) is 2.07. The molecule has 0 saturated carbocycles. The van der Waals surface area contributed by atoms with Crippen LogP contribution in [-0.2, 0) is 18.3 Å². The molecule has 0 saturated heterocycles. The first-order valence-electron chi connectivity index (χ1n) is 8.61. The van der Waals surface area contributed by atoms with Crippen molar-refractivity contribution in [1.29, 1.82) is 0 Å². The minimum atomic E-state index is -0.437. The molecular weight excluding hydrogens is 383 g/mol. The number of fused-ring (bicyclic) bond motifs is 1. The molecule has 1 aliphatic rings. The summed E-state index contributed by atoms with van der Waals surface area (Å²) < 4.78 is 21.7. The zero-order valence-corrected chi connectivity index (χ0v) is 15.8. The number of hydrogen-bond donors (Lipinski definition) is 2. The Morgan fingerprint density at radius 3 is 3.00 bits per heavy atom. The fourth-order valence-electron chi connectivity index (χ4n) is 2.93. The van der Waals surface area contributed by atoms with E-state index in [4.69, 9.17) is 4.74 Å². The lowest BCUT2D eigenvalue weighted by Gasteiger charge is -2.05. The minimum Gasteiger partial charge on any atom is -0.490 e. The molecule has 0 fully saturated rings. The van der Waals surface area contributed by atoms with Crippen LogP contribution in [0.5, 0.6) is 5.75 Å². The molecule has 2 amide bonds. The van der Waals surface area contributed by atoms with Gasteiger partial charge in [-0.15, -0.1) is 11.3 Å². The molecule has 0 atom stereocenters. The summed E-state index contributed by atoms with van der Waals surface area (Å²) in [4.78, 5) is 28.3. The number of ether oxygens (including phenoxy) is 1. The van der Waals surface area contributed by atoms with Crippen LogP contribution in [0.15, 0.2) is 36.0 Å². The summed E-state index contributed by atoms with van der Waals surface area (Å²) in [6, 6.07) is 5.16. The first kappa shape index (κ1) is 18.2. The highest BCUT2D eigenvalue weighted by Gasteiger charge is 2.21. The number of carbonyl (C=O) groups is 2. The van der Waals surface area contributed by atoms with Crippen molar-refractivity contribution in [2.45, 2.75) is 6.42 Å². The van der Waals surface area contributed by atoms with Gasteiger partial charge in [0.2, 0.25) is 5.91 Å². The highest BCUT2D eigenvalue weighted by molar-refractivity contribution is 7.14. The number of aryl methyl sites for hydroxylation is 1. The zero-order valence-electron chi connectivity index (χ0n) is 15.0. The van der Waals surface area contributed by atoms with Gasteiger partial charge < -0.3 is 19.9 Å². The van der Waals surface area contributed by atoms with Gasteiger partial charge in [-0.25, -0.2) is 9.37 Å². The fourth-order valence-corrected chi connectivity index (χ4v) is 3.66. The van der Waals surface area contributed by atoms with E-state index >= 15 is 0 Å². The van der Waals surface area contributed by atoms with Gasteiger partial charge in [0, 0.05) is 42.4 Å². The normalized spacial score (nSPS) is 12.4. The molecule has 144 valence electrons. The van der Waals surface area contributed by atoms with Crippen LogP contribution in [0, 0.1) is 5.82 Å². The highest BCUT2D eigenvalue weighted by atomic mass is 32.1. The van der Waals surface area contributed by atoms with Crippen LogP contribution in [-0.4, -0.2) is 34.5 Å². The second kappa shape index (κ2) is 7.43. The monoisotopic (exact) mass is 400 g/mol. The fraction of sp³-hybridized carbons (Fsp3) is 0.211. The Labute approximate surface area is 164 Å². The molecule has 2 aromatic heterocycles. The van der Waals surface area contributed by atoms with Gasteiger partial charge in [0.05, 0.1) is 24.4 Å². The molecule has 9 heteroatoms. The predicted octanol–water partition coefficient (Wildman–Crippen LogP) is 2.59. The van der Waals surface area contributed by atoms with E-state index in [1.807, 2.05) is 6.07 Å². The molecule has 2 N–H and O–H groups in total. The van der Waals surface area contributed by atoms with E-state index in [-0.39, 0.29) is 18.2 Å². The predicted molar refractivity (Wildman–Crippen MR) is 103 cm³/mol. The number of amides is 2. The molecule has 1 aliphatic heterocycles. The number of rotatable bonds is 5. The van der Waals surface area contributed by atoms with Gasteiger partial charge in [-0.3, -0.25) is 9.59 Å². The van der Waals surface area contributed by atoms with E-state index in [9.17, 15) is 14.0 Å². The molecule has 3 aromatic rings. The van der Waals surface area contributed by atoms with Gasteiger partial charge in [-0.2, -0.15) is 0 Å². The molecule has 4 rings (SSSR count). The Morgan fingerprint density at radius 1 is 1.36 bits per heavy atom. The number of benzene rings is 1. The lowest BCUT2D eigenvalue weighted by molar-refractivity contribution is -0.115. The van der Waals surface area contributed by atoms with Gasteiger partial charge in [0.15, 0.2) is 16.7 Å². The second-order valence-electron chi connectivity index (χ2n) is 6.35. The van der Waals surface area contributed by atoms with Crippen LogP contribution in [0.4, 0.5) is 9.52 Å². The van der Waals surface area contributed by atoms with Gasteiger partial charge in [-0.1, -0.05) is 6.07 Å². The quantitative estimate of drug-likeness (QED) is 0.689. The standard InChI is InChI=1S/C19H17FN4O3S/c1-24-6-4-12(9-24)18(26)21-8-15(25)23-19-22-14(10-28-19)13-3-2-11-5-7-27-17(11)16(13)20/h2-4,6,9-10H,5,7-8H2,1H3,(H,21,26)(H,22,23,25). The van der Waals surface area contributed by atoms with Crippen LogP contribution in [0.1, 0.15) is 15.9 Å². The molecule has 3 heterocycles. The first-order valence-corrected chi connectivity index (χ1v) is 9.49. The third-order valence-electron chi connectivity index (χ3n) is 4.33. The first-order chi connectivity index (χ1) is 13.5. The summed E-state index contributed by atoms with van der Waals surface area (Å²) in [6.07, 6.45) is 4.10. The number of thiazole rings is 1. The molecule has 0 bridgehead atoms. The third kappa shape index (κ3) is 3.61. The molecule has 0 aliphatic carbocycles. The van der Waals surface area contributed by atoms with E-state index < -0.39 is 11.7 Å². The number of aromatic nitrogens is 2. The summed E-state index contributed by atoms with van der Waals surface area (Å²) in [5.74, 6) is -0.910. The molecule has 7 nitrogen and oxygen atoms in total. The van der Waals surface area contributed by atoms with E-state index in [0.29, 0.717) is 35.0 Å². The number of halogens is 1. The molecule has 0 radical (unpaired) electrons. The Morgan fingerprint density at radius 2 is 2.21 bits per heavy atom. The Kier molecular flexibility index (Phi) is 4.82. The minimum absolute atomic E-state index is 0.191. The lowest BCUT2D eigenvalue weighted by atomic mass is 10.1. The van der Waals surface area contributed by atoms with Crippen molar-refractivity contribution in [3.05, 3.63) is 52.9 Å². The summed E-state index contributed by atoms with van der Waals surface area (Å²) >= 11 is 1.18. The third-order valence-corrected chi connectivity index (χ3v) is 5.08. The average molecular weight is 400 g/mol. The van der Waals surface area contributed by atoms with Crippen molar-refractivity contribution in [1.82, 2.24) is 14.9 Å². The van der Waals surface area contributed by atoms with Crippen molar-refractivity contribution >= 4 is 28.3 Å². The van der Waals surface area contributed by atoms with E-state index in [0.717, 1.165) is 5.56 Å². The van der Waals surface area contributed by atoms with Crippen LogP contribution >= 0.6 is 11.3 Å². The summed E-state index contributed by atoms with van der Waals surface area (Å²) in [6.45, 7) is 0.284. The van der Waals surface area contributed by atoms with Gasteiger partial charge >= 0.3 is 0 Å². The van der Waals surface area contributed by atoms with Gasteiger partial charge in [0.1, 0.15) is 0 Å². The number of carbonyl (C=O) groups excluding carboxylic acids is 2. The van der Waals surface area contributed by atoms with Crippen molar-refractivity contribution < 1.29 is 18.7 Å². The van der Waals surface area contributed by atoms with Crippen molar-refractivity contribution in [3.8, 4) is 17.0 Å². The second-order valence-corrected chi connectivity index (χ2v) is 7.21. The SMILES string of the molecule is Cn1ccc(C(=O)NCC(=O)Nc2nc(-c3ccc4c(c3F)OCC4)cs2)c1. The van der Waals surface area contributed by atoms with Crippen LogP contribution < -0.4 is 15.4 Å². The Balaban J connectivity index is 1.38. The maximum atomic E-state index is 14.6. The topological polar surface area (TPSA) is 85.3 Å². The highest BCUT2D eigenvalue weighted by Crippen LogP contribution is 2.36. The smallest absolute Gasteiger partial charge is 0.253 e. The maximum Gasteiger partial charge on any atom is 0.253 e. The van der Waals surface area contributed by atoms with Gasteiger partial charge in [0.25, 0.3) is 5.91 Å². The Hall–Kier alpha value is -3.20. The maximum absolute atomic E-state index is 14.6. The molecule has 0 spiro atoms. The number of hydrogen-bond acceptors (Lipinski definition) is 5. The number of nitrogens with one attached hydrogen (secondary N) is 2. The van der Waals surface area contributed by atoms with Crippen LogP contribution in [0.2, 0.25) is 0 Å².